The van der Waals surface area contributed by atoms with E-state index in [1.807, 2.05) is 31.4 Å². The summed E-state index contributed by atoms with van der Waals surface area (Å²) < 4.78 is 8.07. The summed E-state index contributed by atoms with van der Waals surface area (Å²) in [5.74, 6) is 0.990. The molecule has 1 fully saturated rings. The summed E-state index contributed by atoms with van der Waals surface area (Å²) in [6.45, 7) is 5.74. The average Bonchev–Trinajstić information content (AvgIpc) is 3.01. The van der Waals surface area contributed by atoms with Crippen molar-refractivity contribution in [3.8, 4) is 0 Å². The van der Waals surface area contributed by atoms with Crippen LogP contribution in [0.1, 0.15) is 51.8 Å². The lowest BCUT2D eigenvalue weighted by molar-refractivity contribution is -0.158. The van der Waals surface area contributed by atoms with Gasteiger partial charge in [0.2, 0.25) is 0 Å². The molecule has 23 heavy (non-hydrogen) atoms. The zero-order valence-corrected chi connectivity index (χ0v) is 15.7. The van der Waals surface area contributed by atoms with E-state index < -0.39 is 5.41 Å². The quantitative estimate of drug-likeness (QED) is 0.718. The maximum absolute atomic E-state index is 12.4. The van der Waals surface area contributed by atoms with Crippen molar-refractivity contribution in [2.45, 2.75) is 52.1 Å². The average molecular weight is 401 g/mol. The van der Waals surface area contributed by atoms with E-state index in [1.165, 1.54) is 0 Å². The zero-order valence-electron chi connectivity index (χ0n) is 13.3. The molecule has 1 saturated carbocycles. The SMILES string of the molecule is CC(C)OC(=O)C1(C)CCC(c2nc(Br)c3c(Cl)nccn23)C1. The van der Waals surface area contributed by atoms with Gasteiger partial charge in [0.25, 0.3) is 0 Å². The van der Waals surface area contributed by atoms with Gasteiger partial charge in [-0.1, -0.05) is 11.6 Å². The molecule has 0 aliphatic heterocycles. The third-order valence-electron chi connectivity index (χ3n) is 4.44. The second kappa shape index (κ2) is 6.06. The van der Waals surface area contributed by atoms with Crippen molar-refractivity contribution in [1.29, 1.82) is 0 Å². The van der Waals surface area contributed by atoms with Gasteiger partial charge in [0.1, 0.15) is 15.9 Å². The second-order valence-electron chi connectivity index (χ2n) is 6.65. The molecule has 0 aromatic carbocycles. The van der Waals surface area contributed by atoms with Crippen LogP contribution < -0.4 is 0 Å². The van der Waals surface area contributed by atoms with Gasteiger partial charge in [-0.05, 0) is 56.0 Å². The van der Waals surface area contributed by atoms with Gasteiger partial charge in [-0.25, -0.2) is 9.97 Å². The first-order chi connectivity index (χ1) is 10.8. The molecular formula is C16H19BrClN3O2. The first-order valence-corrected chi connectivity index (χ1v) is 8.88. The predicted octanol–water partition coefficient (Wildman–Crippen LogP) is 4.37. The number of nitrogens with zero attached hydrogens (tertiary/aromatic N) is 3. The lowest BCUT2D eigenvalue weighted by atomic mass is 9.87. The Hall–Kier alpha value is -1.14. The van der Waals surface area contributed by atoms with Crippen LogP contribution in [0, 0.1) is 5.41 Å². The minimum Gasteiger partial charge on any atom is -0.463 e. The van der Waals surface area contributed by atoms with Crippen LogP contribution in [0.25, 0.3) is 5.52 Å². The third-order valence-corrected chi connectivity index (χ3v) is 5.27. The Morgan fingerprint density at radius 3 is 3.00 bits per heavy atom. The van der Waals surface area contributed by atoms with Crippen molar-refractivity contribution >= 4 is 39.0 Å². The number of aromatic nitrogens is 3. The van der Waals surface area contributed by atoms with Crippen LogP contribution in [-0.4, -0.2) is 26.4 Å². The number of carbonyl (C=O) groups is 1. The number of fused-ring (bicyclic) bond motifs is 1. The lowest BCUT2D eigenvalue weighted by Gasteiger charge is -2.23. The van der Waals surface area contributed by atoms with Gasteiger partial charge in [-0.3, -0.25) is 9.20 Å². The van der Waals surface area contributed by atoms with E-state index in [0.29, 0.717) is 9.76 Å². The van der Waals surface area contributed by atoms with E-state index in [-0.39, 0.29) is 18.0 Å². The number of carbonyl (C=O) groups excluding carboxylic acids is 1. The number of esters is 1. The number of ether oxygens (including phenoxy) is 1. The molecule has 2 atom stereocenters. The molecule has 0 amide bonds. The molecule has 124 valence electrons. The molecule has 1 aliphatic carbocycles. The van der Waals surface area contributed by atoms with Crippen molar-refractivity contribution in [2.24, 2.45) is 5.41 Å². The number of hydrogen-bond donors (Lipinski definition) is 0. The lowest BCUT2D eigenvalue weighted by Crippen LogP contribution is -2.29. The smallest absolute Gasteiger partial charge is 0.312 e. The van der Waals surface area contributed by atoms with E-state index >= 15 is 0 Å². The second-order valence-corrected chi connectivity index (χ2v) is 7.76. The Labute approximate surface area is 148 Å². The fourth-order valence-electron chi connectivity index (χ4n) is 3.27. The van der Waals surface area contributed by atoms with E-state index in [4.69, 9.17) is 16.3 Å². The third kappa shape index (κ3) is 2.98. The molecule has 2 aromatic rings. The number of imidazole rings is 1. The van der Waals surface area contributed by atoms with Gasteiger partial charge in [0, 0.05) is 18.3 Å². The van der Waals surface area contributed by atoms with Crippen LogP contribution >= 0.6 is 27.5 Å². The molecule has 1 aliphatic rings. The Morgan fingerprint density at radius 2 is 2.30 bits per heavy atom. The number of halogens is 2. The molecule has 0 N–H and O–H groups in total. The van der Waals surface area contributed by atoms with Crippen LogP contribution in [0.2, 0.25) is 5.15 Å². The van der Waals surface area contributed by atoms with E-state index in [0.717, 1.165) is 30.6 Å². The molecule has 2 aromatic heterocycles. The molecule has 0 spiro atoms. The Balaban J connectivity index is 1.91. The molecule has 0 radical (unpaired) electrons. The summed E-state index contributed by atoms with van der Waals surface area (Å²) in [5.41, 5.74) is 0.312. The van der Waals surface area contributed by atoms with Crippen LogP contribution in [0.3, 0.4) is 0 Å². The molecule has 2 unspecified atom stereocenters. The monoisotopic (exact) mass is 399 g/mol. The van der Waals surface area contributed by atoms with Crippen molar-refractivity contribution in [2.75, 3.05) is 0 Å². The van der Waals surface area contributed by atoms with Gasteiger partial charge >= 0.3 is 5.97 Å². The van der Waals surface area contributed by atoms with Gasteiger partial charge in [0.05, 0.1) is 11.5 Å². The Kier molecular flexibility index (Phi) is 4.40. The van der Waals surface area contributed by atoms with Crippen molar-refractivity contribution in [1.82, 2.24) is 14.4 Å². The number of hydrogen-bond acceptors (Lipinski definition) is 4. The fourth-order valence-corrected chi connectivity index (χ4v) is 4.19. The summed E-state index contributed by atoms with van der Waals surface area (Å²) in [6, 6.07) is 0. The maximum Gasteiger partial charge on any atom is 0.312 e. The first-order valence-electron chi connectivity index (χ1n) is 7.71. The Morgan fingerprint density at radius 1 is 1.57 bits per heavy atom. The minimum atomic E-state index is -0.454. The summed E-state index contributed by atoms with van der Waals surface area (Å²) in [6.07, 6.45) is 5.85. The van der Waals surface area contributed by atoms with E-state index in [2.05, 4.69) is 25.9 Å². The predicted molar refractivity (Wildman–Crippen MR) is 91.6 cm³/mol. The highest BCUT2D eigenvalue weighted by atomic mass is 79.9. The van der Waals surface area contributed by atoms with Gasteiger partial charge in [-0.2, -0.15) is 0 Å². The largest absolute Gasteiger partial charge is 0.463 e. The summed E-state index contributed by atoms with van der Waals surface area (Å²) in [7, 11) is 0. The minimum absolute atomic E-state index is 0.0929. The maximum atomic E-state index is 12.4. The van der Waals surface area contributed by atoms with Gasteiger partial charge in [-0.15, -0.1) is 0 Å². The van der Waals surface area contributed by atoms with Crippen LogP contribution in [0.15, 0.2) is 17.0 Å². The number of rotatable bonds is 3. The normalized spacial score (nSPS) is 24.5. The summed E-state index contributed by atoms with van der Waals surface area (Å²) in [5, 5.41) is 0.415. The van der Waals surface area contributed by atoms with Crippen molar-refractivity contribution in [3.05, 3.63) is 28.0 Å². The Bertz CT molecular complexity index is 761. The van der Waals surface area contributed by atoms with Gasteiger partial charge in [0.15, 0.2) is 5.15 Å². The van der Waals surface area contributed by atoms with Crippen LogP contribution in [-0.2, 0) is 9.53 Å². The van der Waals surface area contributed by atoms with Crippen LogP contribution in [0.5, 0.6) is 0 Å². The van der Waals surface area contributed by atoms with Crippen LogP contribution in [0.4, 0.5) is 0 Å². The molecule has 0 bridgehead atoms. The topological polar surface area (TPSA) is 56.5 Å². The molecule has 5 nitrogen and oxygen atoms in total. The zero-order chi connectivity index (χ0) is 16.8. The highest BCUT2D eigenvalue weighted by Crippen LogP contribution is 2.47. The van der Waals surface area contributed by atoms with E-state index in [1.54, 1.807) is 6.20 Å². The van der Waals surface area contributed by atoms with Crippen molar-refractivity contribution < 1.29 is 9.53 Å². The first kappa shape index (κ1) is 16.7. The highest BCUT2D eigenvalue weighted by molar-refractivity contribution is 9.10. The summed E-state index contributed by atoms with van der Waals surface area (Å²) >= 11 is 9.63. The molecule has 0 saturated heterocycles. The van der Waals surface area contributed by atoms with Crippen molar-refractivity contribution in [3.63, 3.8) is 0 Å². The molecule has 2 heterocycles. The highest BCUT2D eigenvalue weighted by Gasteiger charge is 2.44. The standard InChI is InChI=1S/C16H19BrClN3O2/c1-9(2)23-15(22)16(3)5-4-10(8-16)14-20-12(17)11-13(18)19-6-7-21(11)14/h6-7,9-10H,4-5,8H2,1-3H3. The fraction of sp³-hybridized carbons (Fsp3) is 0.562. The molecule has 3 rings (SSSR count). The summed E-state index contributed by atoms with van der Waals surface area (Å²) in [4.78, 5) is 21.1. The van der Waals surface area contributed by atoms with Gasteiger partial charge < -0.3 is 4.74 Å². The molecule has 7 heteroatoms. The van der Waals surface area contributed by atoms with E-state index in [9.17, 15) is 4.79 Å². The molecular weight excluding hydrogens is 382 g/mol.